The summed E-state index contributed by atoms with van der Waals surface area (Å²) in [7, 11) is 0. The molecule has 1 atom stereocenters. The van der Waals surface area contributed by atoms with E-state index in [1.807, 2.05) is 6.07 Å². The van der Waals surface area contributed by atoms with E-state index in [1.54, 1.807) is 18.2 Å². The molecule has 122 valence electrons. The number of carbonyl (C=O) groups is 2. The highest BCUT2D eigenvalue weighted by molar-refractivity contribution is 6.31. The molecule has 0 spiro atoms. The number of hydrogen-bond acceptors (Lipinski definition) is 5. The quantitative estimate of drug-likeness (QED) is 0.830. The van der Waals surface area contributed by atoms with Crippen molar-refractivity contribution in [2.45, 2.75) is 13.0 Å². The molecular formula is C17H13ClN2O4. The van der Waals surface area contributed by atoms with Crippen molar-refractivity contribution < 1.29 is 19.4 Å². The molecule has 2 N–H and O–H groups in total. The molecule has 0 aromatic heterocycles. The number of phenolic OH excluding ortho intramolecular Hbond substituents is 1. The highest BCUT2D eigenvalue weighted by Crippen LogP contribution is 2.22. The molecule has 2 aromatic rings. The molecule has 7 heteroatoms. The van der Waals surface area contributed by atoms with Crippen molar-refractivity contribution >= 4 is 29.2 Å². The third-order valence-corrected chi connectivity index (χ3v) is 3.33. The number of aromatic hydroxyl groups is 1. The summed E-state index contributed by atoms with van der Waals surface area (Å²) < 4.78 is 5.03. The van der Waals surface area contributed by atoms with E-state index in [1.165, 1.54) is 31.2 Å². The summed E-state index contributed by atoms with van der Waals surface area (Å²) in [5.74, 6) is -1.73. The van der Waals surface area contributed by atoms with Crippen LogP contribution in [0.1, 0.15) is 22.8 Å². The first-order valence-corrected chi connectivity index (χ1v) is 7.29. The third kappa shape index (κ3) is 4.24. The first kappa shape index (κ1) is 17.3. The van der Waals surface area contributed by atoms with Gasteiger partial charge in [0.05, 0.1) is 11.6 Å². The second kappa shape index (κ2) is 7.49. The predicted octanol–water partition coefficient (Wildman–Crippen LogP) is 3.10. The molecule has 0 saturated heterocycles. The van der Waals surface area contributed by atoms with Crippen molar-refractivity contribution in [1.29, 1.82) is 5.26 Å². The largest absolute Gasteiger partial charge is 0.507 e. The van der Waals surface area contributed by atoms with Gasteiger partial charge in [-0.3, -0.25) is 4.79 Å². The Morgan fingerprint density at radius 3 is 2.75 bits per heavy atom. The number of benzene rings is 2. The summed E-state index contributed by atoms with van der Waals surface area (Å²) in [6.07, 6.45) is -1.11. The Morgan fingerprint density at radius 2 is 2.04 bits per heavy atom. The van der Waals surface area contributed by atoms with Crippen LogP contribution in [-0.4, -0.2) is 23.1 Å². The van der Waals surface area contributed by atoms with E-state index in [2.05, 4.69) is 5.32 Å². The zero-order valence-corrected chi connectivity index (χ0v) is 13.4. The number of esters is 1. The SMILES string of the molecule is C[C@H](OC(=O)c1cc(Cl)ccc1O)C(=O)Nc1cccc(C#N)c1. The number of phenols is 1. The first-order chi connectivity index (χ1) is 11.4. The number of nitrogens with zero attached hydrogens (tertiary/aromatic N) is 1. The average Bonchev–Trinajstić information content (AvgIpc) is 2.57. The Balaban J connectivity index is 2.04. The zero-order valence-electron chi connectivity index (χ0n) is 12.6. The van der Waals surface area contributed by atoms with Gasteiger partial charge in [-0.15, -0.1) is 0 Å². The number of hydrogen-bond donors (Lipinski definition) is 2. The van der Waals surface area contributed by atoms with Crippen molar-refractivity contribution in [2.24, 2.45) is 0 Å². The van der Waals surface area contributed by atoms with Gasteiger partial charge in [-0.1, -0.05) is 17.7 Å². The van der Waals surface area contributed by atoms with Crippen LogP contribution in [-0.2, 0) is 9.53 Å². The van der Waals surface area contributed by atoms with Gasteiger partial charge in [-0.25, -0.2) is 4.79 Å². The minimum atomic E-state index is -1.11. The molecule has 0 bridgehead atoms. The van der Waals surface area contributed by atoms with Crippen molar-refractivity contribution in [3.63, 3.8) is 0 Å². The third-order valence-electron chi connectivity index (χ3n) is 3.09. The molecular weight excluding hydrogens is 332 g/mol. The monoisotopic (exact) mass is 344 g/mol. The highest BCUT2D eigenvalue weighted by Gasteiger charge is 2.21. The smallest absolute Gasteiger partial charge is 0.342 e. The maximum Gasteiger partial charge on any atom is 0.342 e. The molecule has 0 aliphatic heterocycles. The van der Waals surface area contributed by atoms with E-state index >= 15 is 0 Å². The first-order valence-electron chi connectivity index (χ1n) is 6.91. The molecule has 0 aliphatic carbocycles. The summed E-state index contributed by atoms with van der Waals surface area (Å²) in [5, 5.41) is 21.3. The number of ether oxygens (including phenoxy) is 1. The molecule has 24 heavy (non-hydrogen) atoms. The number of halogens is 1. The average molecular weight is 345 g/mol. The van der Waals surface area contributed by atoms with E-state index in [9.17, 15) is 14.7 Å². The van der Waals surface area contributed by atoms with Crippen molar-refractivity contribution in [3.05, 3.63) is 58.6 Å². The lowest BCUT2D eigenvalue weighted by Crippen LogP contribution is -2.30. The molecule has 1 amide bonds. The summed E-state index contributed by atoms with van der Waals surface area (Å²) in [6, 6.07) is 12.2. The fourth-order valence-electron chi connectivity index (χ4n) is 1.86. The molecule has 2 rings (SSSR count). The van der Waals surface area contributed by atoms with Gasteiger partial charge in [-0.2, -0.15) is 5.26 Å². The number of rotatable bonds is 4. The molecule has 0 saturated carbocycles. The fraction of sp³-hybridized carbons (Fsp3) is 0.118. The van der Waals surface area contributed by atoms with Gasteiger partial charge in [0.25, 0.3) is 5.91 Å². The topological polar surface area (TPSA) is 99.4 Å². The number of amides is 1. The van der Waals surface area contributed by atoms with E-state index in [4.69, 9.17) is 21.6 Å². The van der Waals surface area contributed by atoms with Gasteiger partial charge in [0.15, 0.2) is 6.10 Å². The normalized spacial score (nSPS) is 11.2. The number of carbonyl (C=O) groups excluding carboxylic acids is 2. The lowest BCUT2D eigenvalue weighted by Gasteiger charge is -2.14. The van der Waals surface area contributed by atoms with E-state index < -0.39 is 18.0 Å². The maximum atomic E-state index is 12.1. The van der Waals surface area contributed by atoms with Crippen LogP contribution in [0.5, 0.6) is 5.75 Å². The molecule has 0 radical (unpaired) electrons. The molecule has 0 heterocycles. The van der Waals surface area contributed by atoms with Crippen molar-refractivity contribution in [2.75, 3.05) is 5.32 Å². The van der Waals surface area contributed by atoms with Crippen LogP contribution in [0.3, 0.4) is 0 Å². The lowest BCUT2D eigenvalue weighted by molar-refractivity contribution is -0.123. The van der Waals surface area contributed by atoms with Crippen LogP contribution in [0.25, 0.3) is 0 Å². The second-order valence-electron chi connectivity index (χ2n) is 4.89. The highest BCUT2D eigenvalue weighted by atomic mass is 35.5. The molecule has 2 aromatic carbocycles. The Morgan fingerprint density at radius 1 is 1.29 bits per heavy atom. The van der Waals surface area contributed by atoms with Crippen LogP contribution in [0.4, 0.5) is 5.69 Å². The zero-order chi connectivity index (χ0) is 17.7. The molecule has 0 aliphatic rings. The summed E-state index contributed by atoms with van der Waals surface area (Å²) in [6.45, 7) is 1.39. The van der Waals surface area contributed by atoms with Gasteiger partial charge in [0.1, 0.15) is 11.3 Å². The standard InChI is InChI=1S/C17H13ClN2O4/c1-10(16(22)20-13-4-2-3-11(7-13)9-19)24-17(23)14-8-12(18)5-6-15(14)21/h2-8,10,21H,1H3,(H,20,22)/t10-/m0/s1. The van der Waals surface area contributed by atoms with Crippen LogP contribution in [0.2, 0.25) is 5.02 Å². The number of nitrogens with one attached hydrogen (secondary N) is 1. The van der Waals surface area contributed by atoms with Crippen molar-refractivity contribution in [1.82, 2.24) is 0 Å². The molecule has 6 nitrogen and oxygen atoms in total. The summed E-state index contributed by atoms with van der Waals surface area (Å²) in [5.41, 5.74) is 0.669. The predicted molar refractivity (Wildman–Crippen MR) is 87.8 cm³/mol. The second-order valence-corrected chi connectivity index (χ2v) is 5.33. The molecule has 0 unspecified atom stereocenters. The minimum Gasteiger partial charge on any atom is -0.507 e. The lowest BCUT2D eigenvalue weighted by atomic mass is 10.2. The fourth-order valence-corrected chi connectivity index (χ4v) is 2.03. The van der Waals surface area contributed by atoms with Gasteiger partial charge >= 0.3 is 5.97 Å². The van der Waals surface area contributed by atoms with Gasteiger partial charge in [-0.05, 0) is 43.3 Å². The van der Waals surface area contributed by atoms with E-state index in [0.717, 1.165) is 0 Å². The van der Waals surface area contributed by atoms with E-state index in [-0.39, 0.29) is 16.3 Å². The molecule has 0 fully saturated rings. The van der Waals surface area contributed by atoms with Crippen LogP contribution < -0.4 is 5.32 Å². The Labute approximate surface area is 143 Å². The van der Waals surface area contributed by atoms with Crippen LogP contribution in [0, 0.1) is 11.3 Å². The Kier molecular flexibility index (Phi) is 5.40. The number of nitriles is 1. The van der Waals surface area contributed by atoms with Crippen LogP contribution >= 0.6 is 11.6 Å². The minimum absolute atomic E-state index is 0.131. The Bertz CT molecular complexity index is 830. The summed E-state index contributed by atoms with van der Waals surface area (Å²) >= 11 is 5.77. The van der Waals surface area contributed by atoms with Crippen LogP contribution in [0.15, 0.2) is 42.5 Å². The summed E-state index contributed by atoms with van der Waals surface area (Å²) in [4.78, 5) is 24.1. The van der Waals surface area contributed by atoms with Crippen molar-refractivity contribution in [3.8, 4) is 11.8 Å². The maximum absolute atomic E-state index is 12.1. The van der Waals surface area contributed by atoms with E-state index in [0.29, 0.717) is 11.3 Å². The van der Waals surface area contributed by atoms with Gasteiger partial charge in [0.2, 0.25) is 0 Å². The number of anilines is 1. The van der Waals surface area contributed by atoms with Gasteiger partial charge < -0.3 is 15.2 Å². The van der Waals surface area contributed by atoms with Gasteiger partial charge in [0, 0.05) is 10.7 Å². The Hall–Kier alpha value is -3.04.